The number of hydrogen-bond acceptors (Lipinski definition) is 4. The van der Waals surface area contributed by atoms with Crippen LogP contribution in [0.5, 0.6) is 0 Å². The van der Waals surface area contributed by atoms with Crippen molar-refractivity contribution in [3.8, 4) is 11.3 Å². The second-order valence-electron chi connectivity index (χ2n) is 7.71. The zero-order valence-corrected chi connectivity index (χ0v) is 16.9. The van der Waals surface area contributed by atoms with E-state index in [1.54, 1.807) is 0 Å². The van der Waals surface area contributed by atoms with Gasteiger partial charge < -0.3 is 10.2 Å². The second kappa shape index (κ2) is 8.43. The van der Waals surface area contributed by atoms with Crippen LogP contribution in [0.4, 0.5) is 11.5 Å². The molecule has 2 heterocycles. The van der Waals surface area contributed by atoms with Crippen molar-refractivity contribution in [3.63, 3.8) is 0 Å². The topological polar surface area (TPSA) is 58.1 Å². The predicted octanol–water partition coefficient (Wildman–Crippen LogP) is 4.62. The van der Waals surface area contributed by atoms with Crippen LogP contribution in [0.1, 0.15) is 24.0 Å². The van der Waals surface area contributed by atoms with Crippen molar-refractivity contribution in [2.45, 2.75) is 26.7 Å². The molecule has 0 radical (unpaired) electrons. The maximum Gasteiger partial charge on any atom is 0.227 e. The molecule has 0 bridgehead atoms. The van der Waals surface area contributed by atoms with Crippen molar-refractivity contribution in [2.24, 2.45) is 5.92 Å². The first-order chi connectivity index (χ1) is 14.1. The van der Waals surface area contributed by atoms with Crippen molar-refractivity contribution in [1.29, 1.82) is 0 Å². The molecule has 1 aliphatic rings. The Hall–Kier alpha value is -3.21. The molecule has 2 aromatic carbocycles. The molecule has 0 saturated carbocycles. The highest BCUT2D eigenvalue weighted by Gasteiger charge is 2.26. The van der Waals surface area contributed by atoms with E-state index in [2.05, 4.69) is 26.5 Å². The average Bonchev–Trinajstić information content (AvgIpc) is 2.77. The third kappa shape index (κ3) is 4.45. The zero-order chi connectivity index (χ0) is 20.2. The molecule has 1 fully saturated rings. The molecule has 1 saturated heterocycles. The summed E-state index contributed by atoms with van der Waals surface area (Å²) >= 11 is 0. The highest BCUT2D eigenvalue weighted by atomic mass is 16.1. The number of rotatable bonds is 4. The molecule has 1 amide bonds. The number of piperidine rings is 1. The van der Waals surface area contributed by atoms with Crippen molar-refractivity contribution in [2.75, 3.05) is 23.3 Å². The first-order valence-electron chi connectivity index (χ1n) is 10.1. The van der Waals surface area contributed by atoms with Crippen LogP contribution in [0.15, 0.2) is 60.7 Å². The van der Waals surface area contributed by atoms with E-state index in [1.807, 2.05) is 68.4 Å². The number of aryl methyl sites for hydroxylation is 2. The molecule has 0 aliphatic carbocycles. The molecular weight excluding hydrogens is 360 g/mol. The lowest BCUT2D eigenvalue weighted by atomic mass is 9.95. The Labute approximate surface area is 171 Å². The summed E-state index contributed by atoms with van der Waals surface area (Å²) in [5.41, 5.74) is 5.10. The summed E-state index contributed by atoms with van der Waals surface area (Å²) in [6.45, 7) is 5.68. The van der Waals surface area contributed by atoms with Gasteiger partial charge in [-0.25, -0.2) is 0 Å². The lowest BCUT2D eigenvalue weighted by Gasteiger charge is -2.32. The highest BCUT2D eigenvalue weighted by Crippen LogP contribution is 2.25. The van der Waals surface area contributed by atoms with Crippen LogP contribution in [0.3, 0.4) is 0 Å². The second-order valence-corrected chi connectivity index (χ2v) is 7.71. The van der Waals surface area contributed by atoms with E-state index >= 15 is 0 Å². The van der Waals surface area contributed by atoms with Crippen LogP contribution in [0, 0.1) is 19.8 Å². The van der Waals surface area contributed by atoms with Gasteiger partial charge in [0.05, 0.1) is 5.69 Å². The molecular formula is C24H26N4O. The van der Waals surface area contributed by atoms with Gasteiger partial charge in [-0.1, -0.05) is 42.5 Å². The number of carbonyl (C=O) groups is 1. The number of nitrogens with zero attached hydrogens (tertiary/aromatic N) is 3. The van der Waals surface area contributed by atoms with E-state index in [-0.39, 0.29) is 11.8 Å². The van der Waals surface area contributed by atoms with Gasteiger partial charge in [-0.3, -0.25) is 4.79 Å². The van der Waals surface area contributed by atoms with Gasteiger partial charge in [0.15, 0.2) is 5.82 Å². The average molecular weight is 386 g/mol. The maximum absolute atomic E-state index is 12.7. The maximum atomic E-state index is 12.7. The predicted molar refractivity (Wildman–Crippen MR) is 117 cm³/mol. The number of hydrogen-bond donors (Lipinski definition) is 1. The Kier molecular flexibility index (Phi) is 5.56. The molecule has 5 heteroatoms. The van der Waals surface area contributed by atoms with Gasteiger partial charge in [0.25, 0.3) is 0 Å². The fraction of sp³-hybridized carbons (Fsp3) is 0.292. The summed E-state index contributed by atoms with van der Waals surface area (Å²) in [7, 11) is 0. The fourth-order valence-corrected chi connectivity index (χ4v) is 3.73. The Morgan fingerprint density at radius 3 is 2.41 bits per heavy atom. The number of nitrogens with one attached hydrogen (secondary N) is 1. The van der Waals surface area contributed by atoms with Crippen molar-refractivity contribution >= 4 is 17.4 Å². The quantitative estimate of drug-likeness (QED) is 0.711. The molecule has 29 heavy (non-hydrogen) atoms. The molecule has 0 spiro atoms. The van der Waals surface area contributed by atoms with Gasteiger partial charge in [0, 0.05) is 30.3 Å². The van der Waals surface area contributed by atoms with Gasteiger partial charge in [-0.15, -0.1) is 10.2 Å². The minimum Gasteiger partial charge on any atom is -0.355 e. The van der Waals surface area contributed by atoms with E-state index in [1.165, 1.54) is 0 Å². The van der Waals surface area contributed by atoms with Gasteiger partial charge in [0.2, 0.25) is 5.91 Å². The standard InChI is InChI=1S/C24H26N4O/c1-17-8-9-18(2)22(16-17)25-24(29)20-12-14-28(15-13-20)23-11-10-21(26-27-23)19-6-4-3-5-7-19/h3-11,16,20H,12-15H2,1-2H3,(H,25,29). The summed E-state index contributed by atoms with van der Waals surface area (Å²) in [5.74, 6) is 1.02. The van der Waals surface area contributed by atoms with E-state index in [4.69, 9.17) is 0 Å². The van der Waals surface area contributed by atoms with Crippen LogP contribution >= 0.6 is 0 Å². The van der Waals surface area contributed by atoms with Crippen molar-refractivity contribution in [1.82, 2.24) is 10.2 Å². The first-order valence-corrected chi connectivity index (χ1v) is 10.1. The minimum absolute atomic E-state index is 0.0303. The molecule has 0 unspecified atom stereocenters. The largest absolute Gasteiger partial charge is 0.355 e. The number of benzene rings is 2. The normalized spacial score (nSPS) is 14.6. The molecule has 3 aromatic rings. The van der Waals surface area contributed by atoms with Gasteiger partial charge in [0.1, 0.15) is 0 Å². The highest BCUT2D eigenvalue weighted by molar-refractivity contribution is 5.93. The van der Waals surface area contributed by atoms with E-state index < -0.39 is 0 Å². The molecule has 1 N–H and O–H groups in total. The SMILES string of the molecule is Cc1ccc(C)c(NC(=O)C2CCN(c3ccc(-c4ccccc4)nn3)CC2)c1. The molecule has 5 nitrogen and oxygen atoms in total. The van der Waals surface area contributed by atoms with E-state index in [9.17, 15) is 4.79 Å². The van der Waals surface area contributed by atoms with Crippen LogP contribution in [0.2, 0.25) is 0 Å². The van der Waals surface area contributed by atoms with Crippen molar-refractivity contribution < 1.29 is 4.79 Å². The summed E-state index contributed by atoms with van der Waals surface area (Å²) in [6.07, 6.45) is 1.64. The molecule has 0 atom stereocenters. The van der Waals surface area contributed by atoms with Crippen LogP contribution in [0.25, 0.3) is 11.3 Å². The summed E-state index contributed by atoms with van der Waals surface area (Å²) < 4.78 is 0. The number of carbonyl (C=O) groups excluding carboxylic acids is 1. The lowest BCUT2D eigenvalue weighted by molar-refractivity contribution is -0.120. The molecule has 1 aliphatic heterocycles. The summed E-state index contributed by atoms with van der Waals surface area (Å²) in [6, 6.07) is 20.2. The summed E-state index contributed by atoms with van der Waals surface area (Å²) in [5, 5.41) is 11.9. The summed E-state index contributed by atoms with van der Waals surface area (Å²) in [4.78, 5) is 14.9. The number of anilines is 2. The molecule has 148 valence electrons. The van der Waals surface area contributed by atoms with Crippen molar-refractivity contribution in [3.05, 3.63) is 71.8 Å². The Bertz CT molecular complexity index is 978. The monoisotopic (exact) mass is 386 g/mol. The fourth-order valence-electron chi connectivity index (χ4n) is 3.73. The Balaban J connectivity index is 1.35. The zero-order valence-electron chi connectivity index (χ0n) is 16.9. The Morgan fingerprint density at radius 1 is 0.966 bits per heavy atom. The molecule has 1 aromatic heterocycles. The van der Waals surface area contributed by atoms with Gasteiger partial charge >= 0.3 is 0 Å². The van der Waals surface area contributed by atoms with Gasteiger partial charge in [-0.2, -0.15) is 0 Å². The first kappa shape index (κ1) is 19.1. The number of amides is 1. The van der Waals surface area contributed by atoms with Gasteiger partial charge in [-0.05, 0) is 56.0 Å². The minimum atomic E-state index is 0.0303. The lowest BCUT2D eigenvalue weighted by Crippen LogP contribution is -2.38. The smallest absolute Gasteiger partial charge is 0.227 e. The van der Waals surface area contributed by atoms with Crippen LogP contribution < -0.4 is 10.2 Å². The Morgan fingerprint density at radius 2 is 1.72 bits per heavy atom. The third-order valence-corrected chi connectivity index (χ3v) is 5.56. The van der Waals surface area contributed by atoms with Crippen LogP contribution in [-0.4, -0.2) is 29.2 Å². The van der Waals surface area contributed by atoms with E-state index in [0.29, 0.717) is 0 Å². The van der Waals surface area contributed by atoms with Crippen LogP contribution in [-0.2, 0) is 4.79 Å². The third-order valence-electron chi connectivity index (χ3n) is 5.56. The van der Waals surface area contributed by atoms with E-state index in [0.717, 1.165) is 59.8 Å². The number of aromatic nitrogens is 2. The molecule has 4 rings (SSSR count).